The Kier molecular flexibility index (Phi) is 4.52. The van der Waals surface area contributed by atoms with Crippen LogP contribution >= 0.6 is 0 Å². The van der Waals surface area contributed by atoms with Gasteiger partial charge in [-0.15, -0.1) is 0 Å². The highest BCUT2D eigenvalue weighted by atomic mass is 19.4. The molecule has 104 valence electrons. The Labute approximate surface area is 108 Å². The molecule has 1 aromatic carbocycles. The van der Waals surface area contributed by atoms with E-state index in [1.165, 1.54) is 5.32 Å². The molecular formula is C12H13F3N2O2. The van der Waals surface area contributed by atoms with Crippen molar-refractivity contribution in [1.29, 1.82) is 0 Å². The summed E-state index contributed by atoms with van der Waals surface area (Å²) in [5, 5.41) is 3.33. The van der Waals surface area contributed by atoms with Crippen molar-refractivity contribution >= 4 is 17.6 Å². The molecule has 0 bridgehead atoms. The van der Waals surface area contributed by atoms with E-state index in [2.05, 4.69) is 5.32 Å². The fourth-order valence-corrected chi connectivity index (χ4v) is 1.29. The third-order valence-electron chi connectivity index (χ3n) is 2.32. The molecule has 0 aliphatic rings. The van der Waals surface area contributed by atoms with Crippen molar-refractivity contribution in [1.82, 2.24) is 5.32 Å². The van der Waals surface area contributed by atoms with Gasteiger partial charge < -0.3 is 5.32 Å². The lowest BCUT2D eigenvalue weighted by atomic mass is 10.0. The normalized spacial score (nSPS) is 11.3. The van der Waals surface area contributed by atoms with E-state index < -0.39 is 18.1 Å². The van der Waals surface area contributed by atoms with Gasteiger partial charge in [-0.05, 0) is 23.6 Å². The fraction of sp³-hybridized carbons (Fsp3) is 0.333. The monoisotopic (exact) mass is 274 g/mol. The number of rotatable bonds is 2. The zero-order valence-electron chi connectivity index (χ0n) is 10.3. The minimum absolute atomic E-state index is 0.301. The van der Waals surface area contributed by atoms with Crippen LogP contribution in [0.3, 0.4) is 0 Å². The molecule has 0 aliphatic carbocycles. The first-order valence-corrected chi connectivity index (χ1v) is 5.49. The Balaban J connectivity index is 2.60. The average Bonchev–Trinajstić information content (AvgIpc) is 2.28. The van der Waals surface area contributed by atoms with Crippen LogP contribution in [0.4, 0.5) is 23.7 Å². The number of alkyl halides is 3. The molecule has 1 rings (SSSR count). The van der Waals surface area contributed by atoms with Gasteiger partial charge in [-0.3, -0.25) is 10.1 Å². The zero-order valence-corrected chi connectivity index (χ0v) is 10.3. The van der Waals surface area contributed by atoms with Crippen molar-refractivity contribution < 1.29 is 22.8 Å². The molecule has 0 radical (unpaired) electrons. The highest BCUT2D eigenvalue weighted by Crippen LogP contribution is 2.17. The van der Waals surface area contributed by atoms with Crippen LogP contribution in [0.1, 0.15) is 25.3 Å². The Bertz CT molecular complexity index is 467. The fourth-order valence-electron chi connectivity index (χ4n) is 1.29. The van der Waals surface area contributed by atoms with E-state index in [0.717, 1.165) is 5.56 Å². The number of anilines is 1. The molecular weight excluding hydrogens is 261 g/mol. The van der Waals surface area contributed by atoms with Crippen LogP contribution in [0.2, 0.25) is 0 Å². The summed E-state index contributed by atoms with van der Waals surface area (Å²) in [5.74, 6) is -2.00. The van der Waals surface area contributed by atoms with Gasteiger partial charge in [0.15, 0.2) is 0 Å². The largest absolute Gasteiger partial charge is 0.471 e. The Morgan fingerprint density at radius 2 is 1.63 bits per heavy atom. The first-order chi connectivity index (χ1) is 8.70. The molecule has 4 nitrogen and oxygen atoms in total. The number of imide groups is 1. The maximum absolute atomic E-state index is 11.9. The summed E-state index contributed by atoms with van der Waals surface area (Å²) >= 11 is 0. The summed E-state index contributed by atoms with van der Waals surface area (Å²) in [5.41, 5.74) is 1.33. The first kappa shape index (κ1) is 15.0. The van der Waals surface area contributed by atoms with Crippen molar-refractivity contribution in [3.8, 4) is 0 Å². The Morgan fingerprint density at radius 3 is 2.05 bits per heavy atom. The van der Waals surface area contributed by atoms with Crippen LogP contribution in [0.15, 0.2) is 24.3 Å². The third-order valence-corrected chi connectivity index (χ3v) is 2.32. The second kappa shape index (κ2) is 5.73. The standard InChI is InChI=1S/C12H13F3N2O2/c1-7(2)8-3-5-9(6-4-8)16-11(19)17-10(18)12(13,14)15/h3-7H,1-2H3,(H2,16,17,18,19). The number of carbonyl (C=O) groups is 2. The van der Waals surface area contributed by atoms with Gasteiger partial charge in [0.05, 0.1) is 0 Å². The van der Waals surface area contributed by atoms with Crippen molar-refractivity contribution in [2.75, 3.05) is 5.32 Å². The van der Waals surface area contributed by atoms with Gasteiger partial charge in [0.25, 0.3) is 0 Å². The van der Waals surface area contributed by atoms with Crippen LogP contribution in [-0.2, 0) is 4.79 Å². The molecule has 2 N–H and O–H groups in total. The maximum atomic E-state index is 11.9. The molecule has 0 heterocycles. The Hall–Kier alpha value is -2.05. The molecule has 0 saturated carbocycles. The van der Waals surface area contributed by atoms with Gasteiger partial charge in [0.2, 0.25) is 0 Å². The summed E-state index contributed by atoms with van der Waals surface area (Å²) in [6, 6.07) is 5.36. The van der Waals surface area contributed by atoms with E-state index >= 15 is 0 Å². The molecule has 0 saturated heterocycles. The lowest BCUT2D eigenvalue weighted by molar-refractivity contribution is -0.172. The van der Waals surface area contributed by atoms with Gasteiger partial charge >= 0.3 is 18.1 Å². The highest BCUT2D eigenvalue weighted by Gasteiger charge is 2.39. The molecule has 0 unspecified atom stereocenters. The van der Waals surface area contributed by atoms with Gasteiger partial charge in [0.1, 0.15) is 0 Å². The van der Waals surface area contributed by atoms with E-state index in [0.29, 0.717) is 11.6 Å². The Morgan fingerprint density at radius 1 is 1.11 bits per heavy atom. The number of hydrogen-bond acceptors (Lipinski definition) is 2. The van der Waals surface area contributed by atoms with E-state index in [1.54, 1.807) is 24.3 Å². The maximum Gasteiger partial charge on any atom is 0.471 e. The lowest BCUT2D eigenvalue weighted by Gasteiger charge is -2.10. The number of urea groups is 1. The number of nitrogens with one attached hydrogen (secondary N) is 2. The van der Waals surface area contributed by atoms with Crippen LogP contribution in [0.25, 0.3) is 0 Å². The molecule has 0 aliphatic heterocycles. The summed E-state index contributed by atoms with van der Waals surface area (Å²) in [6.07, 6.45) is -5.08. The number of halogens is 3. The molecule has 1 aromatic rings. The molecule has 7 heteroatoms. The van der Waals surface area contributed by atoms with E-state index in [9.17, 15) is 22.8 Å². The van der Waals surface area contributed by atoms with Gasteiger partial charge in [-0.1, -0.05) is 26.0 Å². The zero-order chi connectivity index (χ0) is 14.6. The number of carbonyl (C=O) groups excluding carboxylic acids is 2. The molecule has 0 spiro atoms. The van der Waals surface area contributed by atoms with Gasteiger partial charge in [-0.25, -0.2) is 4.79 Å². The third kappa shape index (κ3) is 4.61. The molecule has 3 amide bonds. The molecule has 0 fully saturated rings. The van der Waals surface area contributed by atoms with Gasteiger partial charge in [0, 0.05) is 5.69 Å². The van der Waals surface area contributed by atoms with Crippen molar-refractivity contribution in [3.05, 3.63) is 29.8 Å². The number of benzene rings is 1. The predicted molar refractivity (Wildman–Crippen MR) is 63.7 cm³/mol. The summed E-state index contributed by atoms with van der Waals surface area (Å²) in [4.78, 5) is 21.7. The van der Waals surface area contributed by atoms with Crippen LogP contribution in [0.5, 0.6) is 0 Å². The smallest absolute Gasteiger partial charge is 0.308 e. The topological polar surface area (TPSA) is 58.2 Å². The summed E-state index contributed by atoms with van der Waals surface area (Å²) in [7, 11) is 0. The van der Waals surface area contributed by atoms with Crippen LogP contribution in [0, 0.1) is 0 Å². The second-order valence-electron chi connectivity index (χ2n) is 4.18. The molecule has 0 atom stereocenters. The quantitative estimate of drug-likeness (QED) is 0.870. The molecule has 0 aromatic heterocycles. The van der Waals surface area contributed by atoms with Crippen LogP contribution < -0.4 is 10.6 Å². The first-order valence-electron chi connectivity index (χ1n) is 5.49. The average molecular weight is 274 g/mol. The summed E-state index contributed by atoms with van der Waals surface area (Å²) < 4.78 is 35.7. The van der Waals surface area contributed by atoms with Crippen molar-refractivity contribution in [2.45, 2.75) is 25.9 Å². The highest BCUT2D eigenvalue weighted by molar-refractivity contribution is 6.02. The van der Waals surface area contributed by atoms with Gasteiger partial charge in [-0.2, -0.15) is 13.2 Å². The minimum atomic E-state index is -5.08. The SMILES string of the molecule is CC(C)c1ccc(NC(=O)NC(=O)C(F)(F)F)cc1. The van der Waals surface area contributed by atoms with Crippen LogP contribution in [-0.4, -0.2) is 18.1 Å². The summed E-state index contributed by atoms with van der Waals surface area (Å²) in [6.45, 7) is 3.97. The van der Waals surface area contributed by atoms with E-state index in [-0.39, 0.29) is 0 Å². The number of hydrogen-bond donors (Lipinski definition) is 2. The number of amides is 3. The van der Waals surface area contributed by atoms with Crippen molar-refractivity contribution in [2.24, 2.45) is 0 Å². The predicted octanol–water partition coefficient (Wildman–Crippen LogP) is 3.02. The van der Waals surface area contributed by atoms with E-state index in [4.69, 9.17) is 0 Å². The minimum Gasteiger partial charge on any atom is -0.308 e. The van der Waals surface area contributed by atoms with Crippen molar-refractivity contribution in [3.63, 3.8) is 0 Å². The second-order valence-corrected chi connectivity index (χ2v) is 4.18. The van der Waals surface area contributed by atoms with E-state index in [1.807, 2.05) is 13.8 Å². The molecule has 19 heavy (non-hydrogen) atoms. The lowest BCUT2D eigenvalue weighted by Crippen LogP contribution is -2.42.